The second-order valence-corrected chi connectivity index (χ2v) is 4.17. The Morgan fingerprint density at radius 3 is 2.72 bits per heavy atom. The molecule has 1 aromatic carbocycles. The van der Waals surface area contributed by atoms with Crippen molar-refractivity contribution in [1.29, 1.82) is 0 Å². The van der Waals surface area contributed by atoms with Gasteiger partial charge in [-0.2, -0.15) is 0 Å². The van der Waals surface area contributed by atoms with E-state index in [2.05, 4.69) is 4.90 Å². The summed E-state index contributed by atoms with van der Waals surface area (Å²) in [4.78, 5) is 12.5. The van der Waals surface area contributed by atoms with E-state index < -0.39 is 5.97 Å². The van der Waals surface area contributed by atoms with Gasteiger partial charge in [-0.1, -0.05) is 12.1 Å². The van der Waals surface area contributed by atoms with Crippen molar-refractivity contribution in [1.82, 2.24) is 0 Å². The molecule has 0 aliphatic rings. The molecule has 1 rings (SSSR count). The van der Waals surface area contributed by atoms with Crippen molar-refractivity contribution < 1.29 is 14.6 Å². The van der Waals surface area contributed by atoms with Gasteiger partial charge in [-0.3, -0.25) is 4.79 Å². The van der Waals surface area contributed by atoms with Crippen molar-refractivity contribution in [3.63, 3.8) is 0 Å². The monoisotopic (exact) mass is 251 g/mol. The lowest BCUT2D eigenvalue weighted by atomic mass is 10.2. The molecule has 0 aliphatic heterocycles. The van der Waals surface area contributed by atoms with Crippen LogP contribution in [0.1, 0.15) is 26.2 Å². The number of anilines is 1. The Morgan fingerprint density at radius 2 is 2.06 bits per heavy atom. The molecule has 0 heterocycles. The summed E-state index contributed by atoms with van der Waals surface area (Å²) in [5.74, 6) is 0.146. The molecular weight excluding hydrogens is 230 g/mol. The Bertz CT molecular complexity index is 379. The number of carboxylic acid groups (broad SMARTS) is 1. The van der Waals surface area contributed by atoms with Crippen molar-refractivity contribution in [2.75, 3.05) is 25.1 Å². The topological polar surface area (TPSA) is 49.8 Å². The van der Waals surface area contributed by atoms with Gasteiger partial charge in [0, 0.05) is 20.0 Å². The third-order valence-electron chi connectivity index (χ3n) is 2.71. The second-order valence-electron chi connectivity index (χ2n) is 4.17. The Balaban J connectivity index is 2.50. The number of rotatable bonds is 8. The van der Waals surface area contributed by atoms with Crippen LogP contribution in [-0.2, 0) is 4.79 Å². The normalized spacial score (nSPS) is 10.1. The van der Waals surface area contributed by atoms with Crippen LogP contribution in [0.3, 0.4) is 0 Å². The van der Waals surface area contributed by atoms with Gasteiger partial charge in [-0.15, -0.1) is 0 Å². The zero-order valence-corrected chi connectivity index (χ0v) is 11.1. The standard InChI is InChI=1S/C14H21NO3/c1-3-18-13-9-5-4-8-12(13)15(2)11-7-6-10-14(16)17/h4-5,8-9H,3,6-7,10-11H2,1-2H3,(H,16,17). The number of aliphatic carboxylic acids is 1. The summed E-state index contributed by atoms with van der Waals surface area (Å²) < 4.78 is 5.57. The minimum Gasteiger partial charge on any atom is -0.492 e. The molecule has 0 radical (unpaired) electrons. The third kappa shape index (κ3) is 4.65. The predicted molar refractivity (Wildman–Crippen MR) is 72.4 cm³/mol. The van der Waals surface area contributed by atoms with E-state index in [0.717, 1.165) is 24.4 Å². The van der Waals surface area contributed by atoms with Crippen LogP contribution in [0.5, 0.6) is 5.75 Å². The van der Waals surface area contributed by atoms with E-state index in [-0.39, 0.29) is 6.42 Å². The summed E-state index contributed by atoms with van der Waals surface area (Å²) in [6.07, 6.45) is 1.81. The molecule has 18 heavy (non-hydrogen) atoms. The Kier molecular flexibility index (Phi) is 6.05. The maximum Gasteiger partial charge on any atom is 0.303 e. The van der Waals surface area contributed by atoms with Gasteiger partial charge in [0.25, 0.3) is 0 Å². The van der Waals surface area contributed by atoms with Gasteiger partial charge in [0.05, 0.1) is 12.3 Å². The van der Waals surface area contributed by atoms with Crippen LogP contribution in [0.2, 0.25) is 0 Å². The number of hydrogen-bond donors (Lipinski definition) is 1. The van der Waals surface area contributed by atoms with Gasteiger partial charge in [0.15, 0.2) is 0 Å². The molecule has 0 aromatic heterocycles. The Morgan fingerprint density at radius 1 is 1.33 bits per heavy atom. The summed E-state index contributed by atoms with van der Waals surface area (Å²) >= 11 is 0. The van der Waals surface area contributed by atoms with Gasteiger partial charge in [-0.25, -0.2) is 0 Å². The predicted octanol–water partition coefficient (Wildman–Crippen LogP) is 2.78. The number of carbonyl (C=O) groups is 1. The van der Waals surface area contributed by atoms with Crippen molar-refractivity contribution in [3.8, 4) is 5.75 Å². The van der Waals surface area contributed by atoms with E-state index in [1.54, 1.807) is 0 Å². The van der Waals surface area contributed by atoms with Crippen LogP contribution in [0.4, 0.5) is 5.69 Å². The highest BCUT2D eigenvalue weighted by Gasteiger charge is 2.07. The van der Waals surface area contributed by atoms with E-state index in [0.29, 0.717) is 13.0 Å². The van der Waals surface area contributed by atoms with E-state index in [4.69, 9.17) is 9.84 Å². The average Bonchev–Trinajstić information content (AvgIpc) is 2.35. The highest BCUT2D eigenvalue weighted by atomic mass is 16.5. The lowest BCUT2D eigenvalue weighted by molar-refractivity contribution is -0.137. The summed E-state index contributed by atoms with van der Waals surface area (Å²) in [6.45, 7) is 3.44. The molecule has 0 unspecified atom stereocenters. The van der Waals surface area contributed by atoms with E-state index in [1.807, 2.05) is 38.2 Å². The van der Waals surface area contributed by atoms with Crippen LogP contribution in [0, 0.1) is 0 Å². The number of carboxylic acids is 1. The molecule has 0 amide bonds. The van der Waals surface area contributed by atoms with Crippen molar-refractivity contribution >= 4 is 11.7 Å². The fourth-order valence-corrected chi connectivity index (χ4v) is 1.80. The van der Waals surface area contributed by atoms with Gasteiger partial charge in [-0.05, 0) is 31.9 Å². The van der Waals surface area contributed by atoms with Gasteiger partial charge in [0.1, 0.15) is 5.75 Å². The first-order chi connectivity index (χ1) is 8.65. The minimum atomic E-state index is -0.729. The highest BCUT2D eigenvalue weighted by molar-refractivity contribution is 5.66. The molecule has 1 N–H and O–H groups in total. The maximum atomic E-state index is 10.4. The van der Waals surface area contributed by atoms with Crippen molar-refractivity contribution in [2.45, 2.75) is 26.2 Å². The van der Waals surface area contributed by atoms with Crippen LogP contribution >= 0.6 is 0 Å². The fourth-order valence-electron chi connectivity index (χ4n) is 1.80. The zero-order chi connectivity index (χ0) is 13.4. The molecule has 0 atom stereocenters. The number of benzene rings is 1. The van der Waals surface area contributed by atoms with Crippen LogP contribution < -0.4 is 9.64 Å². The van der Waals surface area contributed by atoms with Gasteiger partial charge >= 0.3 is 5.97 Å². The molecule has 0 saturated carbocycles. The summed E-state index contributed by atoms with van der Waals surface area (Å²) in [5.41, 5.74) is 1.05. The first-order valence-electron chi connectivity index (χ1n) is 6.30. The molecular formula is C14H21NO3. The van der Waals surface area contributed by atoms with Crippen LogP contribution in [0.15, 0.2) is 24.3 Å². The molecule has 4 nitrogen and oxygen atoms in total. The van der Waals surface area contributed by atoms with Crippen LogP contribution in [0.25, 0.3) is 0 Å². The summed E-state index contributed by atoms with van der Waals surface area (Å²) in [6, 6.07) is 7.90. The van der Waals surface area contributed by atoms with Gasteiger partial charge in [0.2, 0.25) is 0 Å². The zero-order valence-electron chi connectivity index (χ0n) is 11.1. The smallest absolute Gasteiger partial charge is 0.303 e. The van der Waals surface area contributed by atoms with E-state index in [9.17, 15) is 4.79 Å². The number of para-hydroxylation sites is 2. The van der Waals surface area contributed by atoms with Crippen LogP contribution in [-0.4, -0.2) is 31.3 Å². The fraction of sp³-hybridized carbons (Fsp3) is 0.500. The summed E-state index contributed by atoms with van der Waals surface area (Å²) in [7, 11) is 2.00. The number of nitrogens with zero attached hydrogens (tertiary/aromatic N) is 1. The lowest BCUT2D eigenvalue weighted by Crippen LogP contribution is -2.19. The van der Waals surface area contributed by atoms with Crippen molar-refractivity contribution in [3.05, 3.63) is 24.3 Å². The van der Waals surface area contributed by atoms with Crippen molar-refractivity contribution in [2.24, 2.45) is 0 Å². The Hall–Kier alpha value is -1.71. The molecule has 4 heteroatoms. The first kappa shape index (κ1) is 14.4. The number of ether oxygens (including phenoxy) is 1. The summed E-state index contributed by atoms with van der Waals surface area (Å²) in [5, 5.41) is 8.58. The maximum absolute atomic E-state index is 10.4. The lowest BCUT2D eigenvalue weighted by Gasteiger charge is -2.22. The minimum absolute atomic E-state index is 0.237. The van der Waals surface area contributed by atoms with Gasteiger partial charge < -0.3 is 14.7 Å². The first-order valence-corrected chi connectivity index (χ1v) is 6.30. The average molecular weight is 251 g/mol. The molecule has 0 spiro atoms. The molecule has 0 fully saturated rings. The number of unbranched alkanes of at least 4 members (excludes halogenated alkanes) is 1. The SMILES string of the molecule is CCOc1ccccc1N(C)CCCCC(=O)O. The molecule has 1 aromatic rings. The number of hydrogen-bond acceptors (Lipinski definition) is 3. The Labute approximate surface area is 108 Å². The largest absolute Gasteiger partial charge is 0.492 e. The highest BCUT2D eigenvalue weighted by Crippen LogP contribution is 2.27. The third-order valence-corrected chi connectivity index (χ3v) is 2.71. The van der Waals surface area contributed by atoms with E-state index in [1.165, 1.54) is 0 Å². The molecule has 0 aliphatic carbocycles. The second kappa shape index (κ2) is 7.58. The molecule has 100 valence electrons. The molecule has 0 bridgehead atoms. The van der Waals surface area contributed by atoms with E-state index >= 15 is 0 Å². The quantitative estimate of drug-likeness (QED) is 0.722. The molecule has 0 saturated heterocycles.